The molecule has 12 heteroatoms. The summed E-state index contributed by atoms with van der Waals surface area (Å²) in [6, 6.07) is 129. The first-order chi connectivity index (χ1) is 63.8. The van der Waals surface area contributed by atoms with Crippen LogP contribution in [0.15, 0.2) is 328 Å². The molecular weight excluding hydrogens is 1670 g/mol. The van der Waals surface area contributed by atoms with Gasteiger partial charge in [0.15, 0.2) is 0 Å². The van der Waals surface area contributed by atoms with Crippen molar-refractivity contribution in [3.05, 3.63) is 344 Å². The van der Waals surface area contributed by atoms with Crippen LogP contribution in [-0.2, 0) is 0 Å². The minimum absolute atomic E-state index is 0.0821. The molecule has 0 unspecified atom stereocenters. The van der Waals surface area contributed by atoms with Gasteiger partial charge < -0.3 is 0 Å². The molecule has 6 aliphatic rings. The Bertz CT molecular complexity index is 9720. The molecule has 0 N–H and O–H groups in total. The van der Waals surface area contributed by atoms with Crippen LogP contribution in [0.3, 0.4) is 0 Å². The Balaban J connectivity index is 0.0000000919. The van der Waals surface area contributed by atoms with Crippen LogP contribution in [0, 0.1) is 34.0 Å². The molecule has 0 aliphatic carbocycles. The quantitative estimate of drug-likeness (QED) is 0.142. The number of benzene rings is 21. The van der Waals surface area contributed by atoms with E-state index in [9.17, 15) is 15.8 Å². The van der Waals surface area contributed by atoms with Crippen LogP contribution >= 0.6 is 68.0 Å². The maximum absolute atomic E-state index is 10.3. The third-order valence-corrected chi connectivity index (χ3v) is 36.7. The van der Waals surface area contributed by atoms with Gasteiger partial charge in [-0.1, -0.05) is 280 Å². The number of hydrogen-bond acceptors (Lipinski definition) is 9. The maximum Gasteiger partial charge on any atom is 0.244 e. The van der Waals surface area contributed by atoms with E-state index in [-0.39, 0.29) is 20.1 Å². The molecule has 0 spiro atoms. The molecule has 582 valence electrons. The van der Waals surface area contributed by atoms with Crippen LogP contribution < -0.4 is 49.2 Å². The summed E-state index contributed by atoms with van der Waals surface area (Å²) in [5.41, 5.74) is 29.2. The largest absolute Gasteiger partial charge is 0.244 e. The lowest BCUT2D eigenvalue weighted by Crippen LogP contribution is -2.57. The van der Waals surface area contributed by atoms with Gasteiger partial charge in [0.1, 0.15) is 0 Å². The van der Waals surface area contributed by atoms with Crippen LogP contribution in [0.5, 0.6) is 0 Å². The van der Waals surface area contributed by atoms with Crippen molar-refractivity contribution in [2.75, 3.05) is 0 Å². The third kappa shape index (κ3) is 9.05. The lowest BCUT2D eigenvalue weighted by atomic mass is 9.31. The molecule has 33 rings (SSSR count). The fraction of sp³-hybridized carbons (Fsp3) is 0. The van der Waals surface area contributed by atoms with Gasteiger partial charge in [-0.15, -0.1) is 68.0 Å². The Kier molecular flexibility index (Phi) is 13.8. The van der Waals surface area contributed by atoms with Crippen molar-refractivity contribution in [3.8, 4) is 85.0 Å². The fourth-order valence-corrected chi connectivity index (χ4v) is 32.0. The average Bonchev–Trinajstić information content (AvgIpc) is 1.68. The normalized spacial score (nSPS) is 13.0. The highest BCUT2D eigenvalue weighted by molar-refractivity contribution is 7.29. The molecule has 27 aromatic rings. The Morgan fingerprint density at radius 2 is 0.403 bits per heavy atom. The number of nitriles is 3. The Hall–Kier alpha value is -14.8. The second-order valence-corrected chi connectivity index (χ2v) is 42.0. The number of hydrogen-bond donors (Lipinski definition) is 0. The molecule has 3 nitrogen and oxygen atoms in total. The standard InChI is InChI=1S/3C39H18BNS2/c41-19-20-15-27-25-17-29-21-7-1-3-13-33(21)42-38(29)23-9-5-11-31(35(23)25)40-32-12-6-10-24-36(32)26(28(16-20)37(27)40)18-30-22-8-2-4-14-34(22)43-39(24)30;41-19-20-15-27-25-17-33-37(21-7-1-3-13-31(21)42-33)23-9-5-11-29(35(23)25)40-30-12-6-10-24-36(30)26(28(16-20)39(27)40)18-34-38(24)22-8-2-4-14-32(22)43-34;41-19-20-15-27-23-9-5-11-25-35(23)31(17-29-21-7-1-3-13-33(21)42-38(25)29)40-32-18-30-22-8-2-4-14-34(22)43-39(30)26-12-6-10-24(36(26)32)28(16-20)37(27)40/h3*1-18H. The van der Waals surface area contributed by atoms with Crippen molar-refractivity contribution >= 4 is 323 Å². The van der Waals surface area contributed by atoms with Gasteiger partial charge in [0, 0.05) is 121 Å². The van der Waals surface area contributed by atoms with Crippen LogP contribution in [0.1, 0.15) is 16.7 Å². The van der Waals surface area contributed by atoms with Gasteiger partial charge in [-0.3, -0.25) is 0 Å². The van der Waals surface area contributed by atoms with E-state index in [2.05, 4.69) is 346 Å². The number of nitrogens with zero attached hydrogens (tertiary/aromatic N) is 3. The molecule has 6 aromatic heterocycles. The summed E-state index contributed by atoms with van der Waals surface area (Å²) in [4.78, 5) is 0. The van der Waals surface area contributed by atoms with Crippen molar-refractivity contribution in [2.45, 2.75) is 0 Å². The lowest BCUT2D eigenvalue weighted by Gasteiger charge is -2.34. The zero-order valence-electron chi connectivity index (χ0n) is 68.2. The zero-order chi connectivity index (χ0) is 83.9. The first kappa shape index (κ1) is 70.3. The van der Waals surface area contributed by atoms with Crippen LogP contribution in [-0.4, -0.2) is 20.1 Å². The van der Waals surface area contributed by atoms with E-state index < -0.39 is 0 Å². The fourth-order valence-electron chi connectivity index (χ4n) is 24.8. The van der Waals surface area contributed by atoms with E-state index in [1.54, 1.807) is 0 Å². The van der Waals surface area contributed by atoms with Crippen molar-refractivity contribution in [2.24, 2.45) is 0 Å². The summed E-state index contributed by atoms with van der Waals surface area (Å²) in [7, 11) is 0. The SMILES string of the molecule is N#Cc1cc2c3c(c1)-c1cc4c5ccccc5sc4c4cccc(c14)B3c1cccc3c1c-2cc1c2ccccc2sc31.N#Cc1cc2c3c(c1)-c1cc4sc5ccccc5c4c4cccc(c14)B3c1cccc3c1c-2cc1sc2ccccc2c13.N#Cc1cc2c3c(c1)-c1cccc4c1c(cc1c5ccccc5sc41)B3c1cc3c4ccccc4sc3c3cccc-2c13. The molecule has 12 heterocycles. The second kappa shape index (κ2) is 25.3. The molecule has 0 bridgehead atoms. The van der Waals surface area contributed by atoms with Crippen LogP contribution in [0.25, 0.3) is 252 Å². The summed E-state index contributed by atoms with van der Waals surface area (Å²) in [6.07, 6.45) is 0. The van der Waals surface area contributed by atoms with Gasteiger partial charge in [0.25, 0.3) is 0 Å². The Morgan fingerprint density at radius 1 is 0.163 bits per heavy atom. The predicted molar refractivity (Wildman–Crippen MR) is 562 cm³/mol. The first-order valence-corrected chi connectivity index (χ1v) is 48.7. The van der Waals surface area contributed by atoms with E-state index in [1.165, 1.54) is 302 Å². The highest BCUT2D eigenvalue weighted by Gasteiger charge is 2.45. The third-order valence-electron chi connectivity index (χ3n) is 29.6. The van der Waals surface area contributed by atoms with Gasteiger partial charge in [0.2, 0.25) is 20.1 Å². The minimum atomic E-state index is 0.0821. The van der Waals surface area contributed by atoms with Gasteiger partial charge in [-0.2, -0.15) is 15.8 Å². The lowest BCUT2D eigenvalue weighted by molar-refractivity contribution is 1.49. The summed E-state index contributed by atoms with van der Waals surface area (Å²) in [6.45, 7) is 0.303. The Labute approximate surface area is 761 Å². The summed E-state index contributed by atoms with van der Waals surface area (Å²) >= 11 is 11.3. The van der Waals surface area contributed by atoms with Crippen molar-refractivity contribution in [3.63, 3.8) is 0 Å². The smallest absolute Gasteiger partial charge is 0.192 e. The molecule has 0 fully saturated rings. The van der Waals surface area contributed by atoms with Gasteiger partial charge in [0.05, 0.1) is 34.9 Å². The molecular formula is C117H54B3N3S6. The van der Waals surface area contributed by atoms with E-state index in [4.69, 9.17) is 0 Å². The topological polar surface area (TPSA) is 71.4 Å². The van der Waals surface area contributed by atoms with E-state index in [1.807, 2.05) is 68.0 Å². The first-order valence-electron chi connectivity index (χ1n) is 43.8. The molecule has 0 saturated carbocycles. The van der Waals surface area contributed by atoms with Crippen molar-refractivity contribution < 1.29 is 0 Å². The summed E-state index contributed by atoms with van der Waals surface area (Å²) in [5.74, 6) is 0. The summed E-state index contributed by atoms with van der Waals surface area (Å²) in [5, 5.41) is 62.7. The van der Waals surface area contributed by atoms with Gasteiger partial charge >= 0.3 is 0 Å². The van der Waals surface area contributed by atoms with Crippen molar-refractivity contribution in [1.29, 1.82) is 15.8 Å². The number of rotatable bonds is 0. The van der Waals surface area contributed by atoms with Gasteiger partial charge in [-0.25, -0.2) is 0 Å². The predicted octanol–water partition coefficient (Wildman–Crippen LogP) is 27.2. The molecule has 0 radical (unpaired) electrons. The highest BCUT2D eigenvalue weighted by atomic mass is 32.1. The van der Waals surface area contributed by atoms with E-state index >= 15 is 0 Å². The molecule has 129 heavy (non-hydrogen) atoms. The molecule has 0 saturated heterocycles. The highest BCUT2D eigenvalue weighted by Crippen LogP contribution is 2.54. The Morgan fingerprint density at radius 3 is 0.729 bits per heavy atom. The van der Waals surface area contributed by atoms with E-state index in [0.29, 0.717) is 0 Å². The molecule has 21 aromatic carbocycles. The molecule has 0 amide bonds. The molecule has 6 aliphatic heterocycles. The van der Waals surface area contributed by atoms with Crippen LogP contribution in [0.4, 0.5) is 0 Å². The molecule has 0 atom stereocenters. The summed E-state index contributed by atoms with van der Waals surface area (Å²) < 4.78 is 15.9. The minimum Gasteiger partial charge on any atom is -0.192 e. The average molecular weight is 1730 g/mol. The van der Waals surface area contributed by atoms with E-state index in [0.717, 1.165) is 16.7 Å². The number of fused-ring (bicyclic) bond motifs is 36. The van der Waals surface area contributed by atoms with Crippen LogP contribution in [0.2, 0.25) is 0 Å². The zero-order valence-corrected chi connectivity index (χ0v) is 73.1. The van der Waals surface area contributed by atoms with Crippen molar-refractivity contribution in [1.82, 2.24) is 0 Å². The second-order valence-electron chi connectivity index (χ2n) is 35.6. The number of thiophene rings is 6. The van der Waals surface area contributed by atoms with Gasteiger partial charge in [-0.05, 0) is 228 Å². The monoisotopic (exact) mass is 1730 g/mol. The maximum atomic E-state index is 10.3.